The molecule has 2 N–H and O–H groups in total. The SMILES string of the molecule is Cc1nc2ccccc2n1CCCNC(=O)c1ccccc1NC(=O)c1ccsc1. The number of carbonyl (C=O) groups is 2. The molecule has 4 aromatic rings. The third kappa shape index (κ3) is 4.26. The van der Waals surface area contributed by atoms with Crippen molar-refractivity contribution in [3.8, 4) is 0 Å². The summed E-state index contributed by atoms with van der Waals surface area (Å²) in [5.41, 5.74) is 3.61. The molecule has 2 amide bonds. The first-order valence-corrected chi connectivity index (χ1v) is 10.7. The molecule has 0 aliphatic carbocycles. The Morgan fingerprint density at radius 3 is 2.67 bits per heavy atom. The van der Waals surface area contributed by atoms with E-state index in [4.69, 9.17) is 0 Å². The van der Waals surface area contributed by atoms with Gasteiger partial charge in [-0.3, -0.25) is 9.59 Å². The number of nitrogens with zero attached hydrogens (tertiary/aromatic N) is 2. The number of amides is 2. The first kappa shape index (κ1) is 19.8. The van der Waals surface area contributed by atoms with Crippen LogP contribution in [0.2, 0.25) is 0 Å². The van der Waals surface area contributed by atoms with E-state index in [1.807, 2.05) is 30.5 Å². The minimum Gasteiger partial charge on any atom is -0.352 e. The van der Waals surface area contributed by atoms with Crippen LogP contribution in [0.25, 0.3) is 11.0 Å². The fourth-order valence-electron chi connectivity index (χ4n) is 3.39. The van der Waals surface area contributed by atoms with Gasteiger partial charge in [0.25, 0.3) is 11.8 Å². The van der Waals surface area contributed by atoms with Crippen molar-refractivity contribution in [1.29, 1.82) is 0 Å². The summed E-state index contributed by atoms with van der Waals surface area (Å²) >= 11 is 1.46. The fraction of sp³-hybridized carbons (Fsp3) is 0.174. The monoisotopic (exact) mass is 418 g/mol. The maximum Gasteiger partial charge on any atom is 0.256 e. The number of anilines is 1. The van der Waals surface area contributed by atoms with E-state index in [1.165, 1.54) is 11.3 Å². The third-order valence-corrected chi connectivity index (χ3v) is 5.58. The summed E-state index contributed by atoms with van der Waals surface area (Å²) in [5.74, 6) is 0.534. The third-order valence-electron chi connectivity index (χ3n) is 4.89. The Hall–Kier alpha value is -3.45. The van der Waals surface area contributed by atoms with Crippen molar-refractivity contribution < 1.29 is 9.59 Å². The zero-order valence-corrected chi connectivity index (χ0v) is 17.4. The number of para-hydroxylation sites is 3. The maximum atomic E-state index is 12.7. The van der Waals surface area contributed by atoms with E-state index in [0.717, 1.165) is 29.8 Å². The molecule has 2 aromatic heterocycles. The molecule has 0 radical (unpaired) electrons. The molecule has 0 unspecified atom stereocenters. The van der Waals surface area contributed by atoms with Gasteiger partial charge in [0.2, 0.25) is 0 Å². The lowest BCUT2D eigenvalue weighted by atomic mass is 10.1. The van der Waals surface area contributed by atoms with Crippen LogP contribution in [0.1, 0.15) is 33.0 Å². The van der Waals surface area contributed by atoms with Gasteiger partial charge in [-0.15, -0.1) is 0 Å². The second-order valence-corrected chi connectivity index (χ2v) is 7.70. The number of carbonyl (C=O) groups excluding carboxylic acids is 2. The molecular formula is C23H22N4O2S. The van der Waals surface area contributed by atoms with Crippen molar-refractivity contribution >= 4 is 39.9 Å². The minimum absolute atomic E-state index is 0.205. The quantitative estimate of drug-likeness (QED) is 0.435. The van der Waals surface area contributed by atoms with Gasteiger partial charge < -0.3 is 15.2 Å². The van der Waals surface area contributed by atoms with E-state index in [9.17, 15) is 9.59 Å². The molecule has 0 aliphatic rings. The number of hydrogen-bond donors (Lipinski definition) is 2. The highest BCUT2D eigenvalue weighted by molar-refractivity contribution is 7.08. The molecule has 6 nitrogen and oxygen atoms in total. The molecule has 7 heteroatoms. The number of hydrogen-bond acceptors (Lipinski definition) is 4. The highest BCUT2D eigenvalue weighted by Gasteiger charge is 2.14. The lowest BCUT2D eigenvalue weighted by molar-refractivity contribution is 0.0953. The molecule has 0 bridgehead atoms. The van der Waals surface area contributed by atoms with Crippen LogP contribution < -0.4 is 10.6 Å². The van der Waals surface area contributed by atoms with Crippen LogP contribution in [0.3, 0.4) is 0 Å². The van der Waals surface area contributed by atoms with E-state index in [2.05, 4.69) is 26.3 Å². The Kier molecular flexibility index (Phi) is 5.90. The highest BCUT2D eigenvalue weighted by Crippen LogP contribution is 2.18. The maximum absolute atomic E-state index is 12.7. The number of nitrogens with one attached hydrogen (secondary N) is 2. The van der Waals surface area contributed by atoms with Gasteiger partial charge in [-0.25, -0.2) is 4.98 Å². The average molecular weight is 419 g/mol. The summed E-state index contributed by atoms with van der Waals surface area (Å²) in [4.78, 5) is 29.6. The van der Waals surface area contributed by atoms with Crippen molar-refractivity contribution in [3.05, 3.63) is 82.3 Å². The highest BCUT2D eigenvalue weighted by atomic mass is 32.1. The molecule has 0 fully saturated rings. The van der Waals surface area contributed by atoms with E-state index >= 15 is 0 Å². The number of benzene rings is 2. The van der Waals surface area contributed by atoms with Crippen molar-refractivity contribution in [2.24, 2.45) is 0 Å². The smallest absolute Gasteiger partial charge is 0.256 e. The molecule has 0 aliphatic heterocycles. The number of aromatic nitrogens is 2. The summed E-state index contributed by atoms with van der Waals surface area (Å²) in [5, 5.41) is 9.41. The van der Waals surface area contributed by atoms with Gasteiger partial charge in [-0.1, -0.05) is 24.3 Å². The zero-order valence-electron chi connectivity index (χ0n) is 16.6. The van der Waals surface area contributed by atoms with E-state index < -0.39 is 0 Å². The summed E-state index contributed by atoms with van der Waals surface area (Å²) in [6.07, 6.45) is 0.774. The molecule has 30 heavy (non-hydrogen) atoms. The Morgan fingerprint density at radius 1 is 1.03 bits per heavy atom. The Morgan fingerprint density at radius 2 is 1.83 bits per heavy atom. The summed E-state index contributed by atoms with van der Waals surface area (Å²) in [6, 6.07) is 16.8. The molecule has 2 aromatic carbocycles. The number of imidazole rings is 1. The minimum atomic E-state index is -0.223. The Balaban J connectivity index is 1.36. The van der Waals surface area contributed by atoms with Crippen LogP contribution in [0.15, 0.2) is 65.4 Å². The topological polar surface area (TPSA) is 76.0 Å². The van der Waals surface area contributed by atoms with Crippen molar-refractivity contribution in [3.63, 3.8) is 0 Å². The molecule has 0 saturated heterocycles. The van der Waals surface area contributed by atoms with Crippen molar-refractivity contribution in [2.45, 2.75) is 19.9 Å². The Labute approximate surface area is 178 Å². The first-order chi connectivity index (χ1) is 14.6. The van der Waals surface area contributed by atoms with Crippen LogP contribution in [0, 0.1) is 6.92 Å². The predicted molar refractivity (Wildman–Crippen MR) is 120 cm³/mol. The fourth-order valence-corrected chi connectivity index (χ4v) is 4.03. The lowest BCUT2D eigenvalue weighted by Crippen LogP contribution is -2.26. The second kappa shape index (κ2) is 8.92. The van der Waals surface area contributed by atoms with Gasteiger partial charge in [0.05, 0.1) is 27.8 Å². The lowest BCUT2D eigenvalue weighted by Gasteiger charge is -2.12. The zero-order chi connectivity index (χ0) is 20.9. The van der Waals surface area contributed by atoms with E-state index in [0.29, 0.717) is 23.4 Å². The van der Waals surface area contributed by atoms with E-state index in [1.54, 1.807) is 35.7 Å². The Bertz CT molecular complexity index is 1180. The normalized spacial score (nSPS) is 10.8. The van der Waals surface area contributed by atoms with Crippen molar-refractivity contribution in [1.82, 2.24) is 14.9 Å². The van der Waals surface area contributed by atoms with Crippen LogP contribution >= 0.6 is 11.3 Å². The molecule has 0 atom stereocenters. The van der Waals surface area contributed by atoms with Crippen LogP contribution in [0.5, 0.6) is 0 Å². The number of rotatable bonds is 7. The predicted octanol–water partition coefficient (Wildman–Crippen LogP) is 4.48. The molecule has 152 valence electrons. The number of fused-ring (bicyclic) bond motifs is 1. The van der Waals surface area contributed by atoms with Gasteiger partial charge >= 0.3 is 0 Å². The van der Waals surface area contributed by atoms with Crippen molar-refractivity contribution in [2.75, 3.05) is 11.9 Å². The van der Waals surface area contributed by atoms with Gasteiger partial charge in [0.1, 0.15) is 5.82 Å². The summed E-state index contributed by atoms with van der Waals surface area (Å²) in [6.45, 7) is 3.28. The molecule has 4 rings (SSSR count). The second-order valence-electron chi connectivity index (χ2n) is 6.92. The van der Waals surface area contributed by atoms with Gasteiger partial charge in [-0.05, 0) is 49.1 Å². The average Bonchev–Trinajstić information content (AvgIpc) is 3.39. The van der Waals surface area contributed by atoms with Crippen LogP contribution in [-0.2, 0) is 6.54 Å². The van der Waals surface area contributed by atoms with Gasteiger partial charge in [-0.2, -0.15) is 11.3 Å². The van der Waals surface area contributed by atoms with Crippen LogP contribution in [0.4, 0.5) is 5.69 Å². The molecule has 0 spiro atoms. The summed E-state index contributed by atoms with van der Waals surface area (Å²) < 4.78 is 2.16. The van der Waals surface area contributed by atoms with E-state index in [-0.39, 0.29) is 11.8 Å². The molecule has 2 heterocycles. The number of thiophene rings is 1. The summed E-state index contributed by atoms with van der Waals surface area (Å²) in [7, 11) is 0. The first-order valence-electron chi connectivity index (χ1n) is 9.76. The standard InChI is InChI=1S/C23H22N4O2S/c1-16-25-20-9-4-5-10-21(20)27(16)13-6-12-24-23(29)18-7-2-3-8-19(18)26-22(28)17-11-14-30-15-17/h2-5,7-11,14-15H,6,12-13H2,1H3,(H,24,29)(H,26,28). The largest absolute Gasteiger partial charge is 0.352 e. The van der Waals surface area contributed by atoms with Gasteiger partial charge in [0.15, 0.2) is 0 Å². The van der Waals surface area contributed by atoms with Crippen LogP contribution in [-0.4, -0.2) is 27.9 Å². The molecule has 0 saturated carbocycles. The number of aryl methyl sites for hydroxylation is 2. The molecular weight excluding hydrogens is 396 g/mol. The van der Waals surface area contributed by atoms with Gasteiger partial charge in [0, 0.05) is 18.5 Å².